The van der Waals surface area contributed by atoms with Crippen LogP contribution >= 0.6 is 11.6 Å². The molecule has 1 aliphatic rings. The molecule has 1 heterocycles. The van der Waals surface area contributed by atoms with Crippen LogP contribution in [-0.4, -0.2) is 56.1 Å². The Balaban J connectivity index is 1.74. The Morgan fingerprint density at radius 3 is 2.61 bits per heavy atom. The van der Waals surface area contributed by atoms with Crippen LogP contribution in [0.4, 0.5) is 10.5 Å². The number of nitrogens with one attached hydrogen (secondary N) is 2. The zero-order chi connectivity index (χ0) is 16.7. The molecule has 0 saturated carbocycles. The minimum absolute atomic E-state index is 0.239. The molecule has 1 fully saturated rings. The van der Waals surface area contributed by atoms with Crippen molar-refractivity contribution in [3.63, 3.8) is 0 Å². The van der Waals surface area contributed by atoms with Gasteiger partial charge in [0.15, 0.2) is 0 Å². The number of piperazine rings is 1. The number of urea groups is 1. The van der Waals surface area contributed by atoms with Gasteiger partial charge in [-0.1, -0.05) is 24.6 Å². The number of nitrogens with zero attached hydrogens (tertiary/aromatic N) is 2. The van der Waals surface area contributed by atoms with Gasteiger partial charge in [-0.3, -0.25) is 15.0 Å². The van der Waals surface area contributed by atoms with E-state index in [0.717, 1.165) is 43.3 Å². The van der Waals surface area contributed by atoms with Crippen molar-refractivity contribution >= 4 is 29.2 Å². The summed E-state index contributed by atoms with van der Waals surface area (Å²) in [4.78, 5) is 27.6. The van der Waals surface area contributed by atoms with E-state index < -0.39 is 6.03 Å². The molecule has 0 aromatic heterocycles. The van der Waals surface area contributed by atoms with Gasteiger partial charge in [-0.25, -0.2) is 4.79 Å². The Labute approximate surface area is 141 Å². The Morgan fingerprint density at radius 2 is 1.96 bits per heavy atom. The van der Waals surface area contributed by atoms with E-state index in [4.69, 9.17) is 11.6 Å². The summed E-state index contributed by atoms with van der Waals surface area (Å²) in [6, 6.07) is 7.35. The fraction of sp³-hybridized carbons (Fsp3) is 0.500. The SMILES string of the molecule is CCCNC(=O)NC(=O)CN1CCN(c2cccc(Cl)c2)CC1. The normalized spacial score (nSPS) is 15.3. The minimum atomic E-state index is -0.422. The number of amides is 3. The monoisotopic (exact) mass is 338 g/mol. The van der Waals surface area contributed by atoms with Crippen LogP contribution in [0.1, 0.15) is 13.3 Å². The first-order valence-corrected chi connectivity index (χ1v) is 8.27. The zero-order valence-electron chi connectivity index (χ0n) is 13.3. The van der Waals surface area contributed by atoms with Gasteiger partial charge in [-0.05, 0) is 24.6 Å². The molecule has 1 aromatic carbocycles. The van der Waals surface area contributed by atoms with Gasteiger partial charge in [0.1, 0.15) is 0 Å². The summed E-state index contributed by atoms with van der Waals surface area (Å²) in [5.74, 6) is -0.269. The van der Waals surface area contributed by atoms with Crippen LogP contribution in [0.15, 0.2) is 24.3 Å². The van der Waals surface area contributed by atoms with Crippen molar-refractivity contribution in [2.75, 3.05) is 44.2 Å². The fourth-order valence-corrected chi connectivity index (χ4v) is 2.67. The molecule has 23 heavy (non-hydrogen) atoms. The van der Waals surface area contributed by atoms with Gasteiger partial charge in [-0.2, -0.15) is 0 Å². The molecule has 1 saturated heterocycles. The highest BCUT2D eigenvalue weighted by atomic mass is 35.5. The molecule has 3 amide bonds. The average Bonchev–Trinajstić information content (AvgIpc) is 2.53. The van der Waals surface area contributed by atoms with Crippen molar-refractivity contribution in [1.29, 1.82) is 0 Å². The second-order valence-electron chi connectivity index (χ2n) is 5.55. The van der Waals surface area contributed by atoms with Crippen LogP contribution in [0.25, 0.3) is 0 Å². The van der Waals surface area contributed by atoms with E-state index in [1.165, 1.54) is 0 Å². The number of carbonyl (C=O) groups excluding carboxylic acids is 2. The molecule has 2 rings (SSSR count). The Bertz CT molecular complexity index is 545. The maximum Gasteiger partial charge on any atom is 0.321 e. The second kappa shape index (κ2) is 8.74. The summed E-state index contributed by atoms with van der Waals surface area (Å²) >= 11 is 6.02. The summed E-state index contributed by atoms with van der Waals surface area (Å²) in [6.45, 7) is 5.97. The molecule has 6 nitrogen and oxygen atoms in total. The highest BCUT2D eigenvalue weighted by Gasteiger charge is 2.20. The molecular weight excluding hydrogens is 316 g/mol. The number of halogens is 1. The molecule has 7 heteroatoms. The third kappa shape index (κ3) is 5.73. The predicted octanol–water partition coefficient (Wildman–Crippen LogP) is 1.70. The van der Waals surface area contributed by atoms with Crippen LogP contribution in [0, 0.1) is 0 Å². The maximum absolute atomic E-state index is 11.8. The van der Waals surface area contributed by atoms with E-state index in [2.05, 4.69) is 15.5 Å². The Morgan fingerprint density at radius 1 is 1.22 bits per heavy atom. The lowest BCUT2D eigenvalue weighted by Gasteiger charge is -2.35. The van der Waals surface area contributed by atoms with E-state index in [0.29, 0.717) is 6.54 Å². The molecule has 0 unspecified atom stereocenters. The van der Waals surface area contributed by atoms with Gasteiger partial charge in [0.2, 0.25) is 5.91 Å². The second-order valence-corrected chi connectivity index (χ2v) is 5.98. The van der Waals surface area contributed by atoms with Gasteiger partial charge in [0.25, 0.3) is 0 Å². The van der Waals surface area contributed by atoms with Crippen LogP contribution in [0.2, 0.25) is 5.02 Å². The number of imide groups is 1. The van der Waals surface area contributed by atoms with Crippen molar-refractivity contribution in [2.24, 2.45) is 0 Å². The van der Waals surface area contributed by atoms with Crippen molar-refractivity contribution in [3.8, 4) is 0 Å². The molecule has 1 aromatic rings. The van der Waals surface area contributed by atoms with Gasteiger partial charge >= 0.3 is 6.03 Å². The molecule has 2 N–H and O–H groups in total. The third-order valence-electron chi connectivity index (χ3n) is 3.70. The lowest BCUT2D eigenvalue weighted by Crippen LogP contribution is -2.51. The first-order chi connectivity index (χ1) is 11.1. The van der Waals surface area contributed by atoms with E-state index >= 15 is 0 Å². The Hall–Kier alpha value is -1.79. The molecule has 0 atom stereocenters. The first-order valence-electron chi connectivity index (χ1n) is 7.89. The first kappa shape index (κ1) is 17.6. The third-order valence-corrected chi connectivity index (χ3v) is 3.94. The van der Waals surface area contributed by atoms with E-state index in [-0.39, 0.29) is 12.5 Å². The van der Waals surface area contributed by atoms with E-state index in [1.54, 1.807) is 0 Å². The van der Waals surface area contributed by atoms with Crippen molar-refractivity contribution in [2.45, 2.75) is 13.3 Å². The standard InChI is InChI=1S/C16H23ClN4O2/c1-2-6-18-16(23)19-15(22)12-20-7-9-21(10-8-20)14-5-3-4-13(17)11-14/h3-5,11H,2,6-10,12H2,1H3,(H2,18,19,22,23). The van der Waals surface area contributed by atoms with Crippen molar-refractivity contribution in [3.05, 3.63) is 29.3 Å². The van der Waals surface area contributed by atoms with Crippen LogP contribution in [0.5, 0.6) is 0 Å². The lowest BCUT2D eigenvalue weighted by molar-refractivity contribution is -0.121. The van der Waals surface area contributed by atoms with Gasteiger partial charge in [0.05, 0.1) is 6.54 Å². The number of hydrogen-bond acceptors (Lipinski definition) is 4. The summed E-state index contributed by atoms with van der Waals surface area (Å²) in [6.07, 6.45) is 0.840. The average molecular weight is 339 g/mol. The smallest absolute Gasteiger partial charge is 0.321 e. The van der Waals surface area contributed by atoms with Gasteiger partial charge in [-0.15, -0.1) is 0 Å². The molecule has 1 aliphatic heterocycles. The van der Waals surface area contributed by atoms with E-state index in [1.807, 2.05) is 36.1 Å². The highest BCUT2D eigenvalue weighted by Crippen LogP contribution is 2.20. The van der Waals surface area contributed by atoms with Crippen LogP contribution in [-0.2, 0) is 4.79 Å². The number of carbonyl (C=O) groups is 2. The molecule has 0 bridgehead atoms. The van der Waals surface area contributed by atoms with Crippen molar-refractivity contribution < 1.29 is 9.59 Å². The topological polar surface area (TPSA) is 64.7 Å². The molecule has 0 aliphatic carbocycles. The quantitative estimate of drug-likeness (QED) is 0.857. The summed E-state index contributed by atoms with van der Waals surface area (Å²) in [5, 5.41) is 5.70. The fourth-order valence-electron chi connectivity index (χ4n) is 2.49. The van der Waals surface area contributed by atoms with Gasteiger partial charge in [0, 0.05) is 43.4 Å². The molecular formula is C16H23ClN4O2. The lowest BCUT2D eigenvalue weighted by atomic mass is 10.2. The van der Waals surface area contributed by atoms with E-state index in [9.17, 15) is 9.59 Å². The predicted molar refractivity (Wildman–Crippen MR) is 91.9 cm³/mol. The molecule has 126 valence electrons. The largest absolute Gasteiger partial charge is 0.369 e. The number of anilines is 1. The van der Waals surface area contributed by atoms with Crippen LogP contribution < -0.4 is 15.5 Å². The molecule has 0 radical (unpaired) electrons. The summed E-state index contributed by atoms with van der Waals surface area (Å²) in [7, 11) is 0. The summed E-state index contributed by atoms with van der Waals surface area (Å²) in [5.41, 5.74) is 1.10. The van der Waals surface area contributed by atoms with Gasteiger partial charge < -0.3 is 10.2 Å². The summed E-state index contributed by atoms with van der Waals surface area (Å²) < 4.78 is 0. The van der Waals surface area contributed by atoms with Crippen LogP contribution in [0.3, 0.4) is 0 Å². The van der Waals surface area contributed by atoms with Crippen molar-refractivity contribution in [1.82, 2.24) is 15.5 Å². The minimum Gasteiger partial charge on any atom is -0.369 e. The highest BCUT2D eigenvalue weighted by molar-refractivity contribution is 6.30. The number of benzene rings is 1. The Kier molecular flexibility index (Phi) is 6.67. The number of rotatable bonds is 5. The molecule has 0 spiro atoms. The maximum atomic E-state index is 11.8. The number of hydrogen-bond donors (Lipinski definition) is 2. The zero-order valence-corrected chi connectivity index (χ0v) is 14.1.